The van der Waals surface area contributed by atoms with Gasteiger partial charge in [-0.05, 0) is 35.7 Å². The molecule has 0 amide bonds. The van der Waals surface area contributed by atoms with Crippen molar-refractivity contribution in [2.45, 2.75) is 32.7 Å². The number of hydrogen-bond donors (Lipinski definition) is 3. The Morgan fingerprint density at radius 1 is 1.04 bits per heavy atom. The summed E-state index contributed by atoms with van der Waals surface area (Å²) in [6.07, 6.45) is 0.570. The van der Waals surface area contributed by atoms with Gasteiger partial charge < -0.3 is 15.5 Å². The maximum atomic E-state index is 12.9. The normalized spacial score (nSPS) is 17.9. The number of aromatic hydroxyl groups is 1. The van der Waals surface area contributed by atoms with Gasteiger partial charge in [0.1, 0.15) is 23.2 Å². The molecule has 6 nitrogen and oxygen atoms in total. The summed E-state index contributed by atoms with van der Waals surface area (Å²) >= 11 is 0. The lowest BCUT2D eigenvalue weighted by Gasteiger charge is -2.36. The lowest BCUT2D eigenvalue weighted by molar-refractivity contribution is -0.140. The van der Waals surface area contributed by atoms with E-state index in [0.29, 0.717) is 11.3 Å². The van der Waals surface area contributed by atoms with Gasteiger partial charge in [0.05, 0.1) is 11.6 Å². The molecule has 0 aromatic heterocycles. The van der Waals surface area contributed by atoms with Crippen LogP contribution in [0.2, 0.25) is 0 Å². The molecule has 1 atom stereocenters. The van der Waals surface area contributed by atoms with E-state index in [2.05, 4.69) is 5.32 Å². The summed E-state index contributed by atoms with van der Waals surface area (Å²) in [6.45, 7) is 3.79. The number of rotatable bonds is 5. The number of phenolic OH excluding ortho intramolecular Hbond substituents is 1. The first kappa shape index (κ1) is 19.6. The molecule has 1 aliphatic carbocycles. The Bertz CT molecular complexity index is 897. The Labute approximate surface area is 163 Å². The average molecular weight is 381 g/mol. The Morgan fingerprint density at radius 2 is 1.61 bits per heavy atom. The molecule has 0 heterocycles. The first-order chi connectivity index (χ1) is 13.2. The largest absolute Gasteiger partial charge is 0.508 e. The standard InChI is InChI=1S/C22H23NO5/c1-22(2)11-17(25)19(18(26)12-22)20(15-5-3-4-6-16(15)24)23-14-9-7-13(8-10-14)21(27)28/h3-10,19-20,23-24H,11-12H2,1-2H3,(H,27,28). The molecule has 1 aliphatic rings. The van der Waals surface area contributed by atoms with Crippen molar-refractivity contribution in [3.05, 3.63) is 59.7 Å². The van der Waals surface area contributed by atoms with E-state index in [0.717, 1.165) is 0 Å². The average Bonchev–Trinajstić information content (AvgIpc) is 2.60. The van der Waals surface area contributed by atoms with Gasteiger partial charge in [0.2, 0.25) is 0 Å². The molecule has 1 unspecified atom stereocenters. The molecule has 0 bridgehead atoms. The second-order valence-corrected chi connectivity index (χ2v) is 7.99. The molecule has 146 valence electrons. The van der Waals surface area contributed by atoms with E-state index in [9.17, 15) is 19.5 Å². The third-order valence-corrected chi connectivity index (χ3v) is 5.06. The van der Waals surface area contributed by atoms with Gasteiger partial charge in [-0.25, -0.2) is 4.79 Å². The molecular formula is C22H23NO5. The third-order valence-electron chi connectivity index (χ3n) is 5.06. The lowest BCUT2D eigenvalue weighted by Crippen LogP contribution is -2.42. The molecule has 0 radical (unpaired) electrons. The zero-order valence-corrected chi connectivity index (χ0v) is 15.8. The van der Waals surface area contributed by atoms with Crippen LogP contribution in [0.5, 0.6) is 5.75 Å². The molecule has 2 aromatic rings. The fraction of sp³-hybridized carbons (Fsp3) is 0.318. The predicted octanol–water partition coefficient (Wildman–Crippen LogP) is 3.82. The number of carboxylic acids is 1. The number of carbonyl (C=O) groups excluding carboxylic acids is 2. The molecule has 1 saturated carbocycles. The molecule has 1 fully saturated rings. The number of carboxylic acid groups (broad SMARTS) is 1. The van der Waals surface area contributed by atoms with Crippen molar-refractivity contribution in [2.75, 3.05) is 5.32 Å². The van der Waals surface area contributed by atoms with Crippen molar-refractivity contribution < 1.29 is 24.6 Å². The van der Waals surface area contributed by atoms with Crippen molar-refractivity contribution in [3.8, 4) is 5.75 Å². The molecule has 6 heteroatoms. The Balaban J connectivity index is 1.99. The molecule has 3 N–H and O–H groups in total. The first-order valence-corrected chi connectivity index (χ1v) is 9.11. The highest BCUT2D eigenvalue weighted by Crippen LogP contribution is 2.41. The van der Waals surface area contributed by atoms with Crippen molar-refractivity contribution in [3.63, 3.8) is 0 Å². The first-order valence-electron chi connectivity index (χ1n) is 9.11. The Kier molecular flexibility index (Phi) is 5.23. The van der Waals surface area contributed by atoms with Gasteiger partial charge >= 0.3 is 5.97 Å². The number of anilines is 1. The number of carbonyl (C=O) groups is 3. The summed E-state index contributed by atoms with van der Waals surface area (Å²) in [7, 11) is 0. The van der Waals surface area contributed by atoms with Crippen molar-refractivity contribution in [1.29, 1.82) is 0 Å². The van der Waals surface area contributed by atoms with E-state index < -0.39 is 17.9 Å². The Morgan fingerprint density at radius 3 is 2.14 bits per heavy atom. The quantitative estimate of drug-likeness (QED) is 0.680. The number of hydrogen-bond acceptors (Lipinski definition) is 5. The zero-order valence-electron chi connectivity index (χ0n) is 15.8. The summed E-state index contributed by atoms with van der Waals surface area (Å²) in [4.78, 5) is 36.8. The van der Waals surface area contributed by atoms with E-state index in [1.165, 1.54) is 18.2 Å². The van der Waals surface area contributed by atoms with Crippen LogP contribution in [0.3, 0.4) is 0 Å². The maximum absolute atomic E-state index is 12.9. The SMILES string of the molecule is CC1(C)CC(=O)C(C(Nc2ccc(C(=O)O)cc2)c2ccccc2O)C(=O)C1. The van der Waals surface area contributed by atoms with Gasteiger partial charge in [0.25, 0.3) is 0 Å². The van der Waals surface area contributed by atoms with E-state index >= 15 is 0 Å². The van der Waals surface area contributed by atoms with Crippen LogP contribution in [-0.2, 0) is 9.59 Å². The van der Waals surface area contributed by atoms with Crippen LogP contribution in [-0.4, -0.2) is 27.7 Å². The van der Waals surface area contributed by atoms with Crippen molar-refractivity contribution in [2.24, 2.45) is 11.3 Å². The minimum atomic E-state index is -1.04. The van der Waals surface area contributed by atoms with Gasteiger partial charge in [-0.2, -0.15) is 0 Å². The van der Waals surface area contributed by atoms with E-state index in [1.54, 1.807) is 30.3 Å². The highest BCUT2D eigenvalue weighted by atomic mass is 16.4. The molecule has 3 rings (SSSR count). The molecule has 0 aliphatic heterocycles. The summed E-state index contributed by atoms with van der Waals surface area (Å²) in [6, 6.07) is 11.9. The van der Waals surface area contributed by atoms with Crippen LogP contribution in [0.15, 0.2) is 48.5 Å². The second kappa shape index (κ2) is 7.46. The molecule has 0 spiro atoms. The van der Waals surface area contributed by atoms with E-state index in [-0.39, 0.29) is 41.1 Å². The fourth-order valence-corrected chi connectivity index (χ4v) is 3.76. The summed E-state index contributed by atoms with van der Waals surface area (Å²) < 4.78 is 0. The number of ketones is 2. The summed E-state index contributed by atoms with van der Waals surface area (Å²) in [5.41, 5.74) is 0.771. The number of phenols is 1. The highest BCUT2D eigenvalue weighted by molar-refractivity contribution is 6.06. The Hall–Kier alpha value is -3.15. The van der Waals surface area contributed by atoms with Gasteiger partial charge in [-0.3, -0.25) is 9.59 Å². The molecule has 28 heavy (non-hydrogen) atoms. The van der Waals surface area contributed by atoms with E-state index in [1.807, 2.05) is 13.8 Å². The van der Waals surface area contributed by atoms with Crippen LogP contribution < -0.4 is 5.32 Å². The number of Topliss-reactive ketones (excluding diaryl/α,β-unsaturated/α-hetero) is 2. The number of aromatic carboxylic acids is 1. The maximum Gasteiger partial charge on any atom is 0.335 e. The second-order valence-electron chi connectivity index (χ2n) is 7.99. The third kappa shape index (κ3) is 4.06. The van der Waals surface area contributed by atoms with Gasteiger partial charge in [0.15, 0.2) is 0 Å². The predicted molar refractivity (Wildman–Crippen MR) is 104 cm³/mol. The van der Waals surface area contributed by atoms with Gasteiger partial charge in [-0.1, -0.05) is 32.0 Å². The van der Waals surface area contributed by atoms with Crippen molar-refractivity contribution in [1.82, 2.24) is 0 Å². The minimum Gasteiger partial charge on any atom is -0.508 e. The molecule has 0 saturated heterocycles. The van der Waals surface area contributed by atoms with Crippen LogP contribution in [0.1, 0.15) is 48.7 Å². The van der Waals surface area contributed by atoms with Crippen LogP contribution in [0.4, 0.5) is 5.69 Å². The van der Waals surface area contributed by atoms with Gasteiger partial charge in [0, 0.05) is 24.1 Å². The molecular weight excluding hydrogens is 358 g/mol. The topological polar surface area (TPSA) is 104 Å². The number of benzene rings is 2. The fourth-order valence-electron chi connectivity index (χ4n) is 3.76. The monoisotopic (exact) mass is 381 g/mol. The smallest absolute Gasteiger partial charge is 0.335 e. The molecule has 2 aromatic carbocycles. The van der Waals surface area contributed by atoms with Crippen LogP contribution >= 0.6 is 0 Å². The van der Waals surface area contributed by atoms with E-state index in [4.69, 9.17) is 5.11 Å². The van der Waals surface area contributed by atoms with Crippen LogP contribution in [0.25, 0.3) is 0 Å². The number of nitrogens with one attached hydrogen (secondary N) is 1. The highest BCUT2D eigenvalue weighted by Gasteiger charge is 2.44. The van der Waals surface area contributed by atoms with Gasteiger partial charge in [-0.15, -0.1) is 0 Å². The van der Waals surface area contributed by atoms with Crippen molar-refractivity contribution >= 4 is 23.2 Å². The summed E-state index contributed by atoms with van der Waals surface area (Å²) in [5.74, 6) is -2.29. The summed E-state index contributed by atoms with van der Waals surface area (Å²) in [5, 5.41) is 22.6. The number of para-hydroxylation sites is 1. The zero-order chi connectivity index (χ0) is 20.5. The lowest BCUT2D eigenvalue weighted by atomic mass is 9.68. The minimum absolute atomic E-state index is 0.00686. The van der Waals surface area contributed by atoms with Crippen LogP contribution in [0, 0.1) is 11.3 Å².